The highest BCUT2D eigenvalue weighted by atomic mass is 16.5. The molecule has 0 spiro atoms. The molecule has 1 aliphatic carbocycles. The minimum absolute atomic E-state index is 0.111. The van der Waals surface area contributed by atoms with E-state index in [2.05, 4.69) is 36.1 Å². The van der Waals surface area contributed by atoms with E-state index in [0.717, 1.165) is 6.42 Å². The van der Waals surface area contributed by atoms with Crippen LogP contribution in [0.5, 0.6) is 0 Å². The number of methoxy groups -OCH3 is 1. The first-order valence-electron chi connectivity index (χ1n) is 6.81. The van der Waals surface area contributed by atoms with Gasteiger partial charge in [0, 0.05) is 18.0 Å². The Bertz CT molecular complexity index is 497. The molecule has 0 radical (unpaired) electrons. The Morgan fingerprint density at radius 3 is 2.74 bits per heavy atom. The maximum atomic E-state index is 12.1. The minimum Gasteiger partial charge on any atom is -0.468 e. The second kappa shape index (κ2) is 4.82. The number of hydrogen-bond donors (Lipinski definition) is 0. The first-order valence-corrected chi connectivity index (χ1v) is 6.81. The number of likely N-dealkylation sites (tertiary alicyclic amines) is 1. The predicted molar refractivity (Wildman–Crippen MR) is 73.5 cm³/mol. The summed E-state index contributed by atoms with van der Waals surface area (Å²) in [6, 6.07) is 10.8. The molecular weight excluding hydrogens is 238 g/mol. The summed E-state index contributed by atoms with van der Waals surface area (Å²) in [5.74, 6) is 0.197. The molecule has 1 unspecified atom stereocenters. The van der Waals surface area contributed by atoms with Crippen molar-refractivity contribution >= 4 is 5.97 Å². The van der Waals surface area contributed by atoms with Crippen molar-refractivity contribution < 1.29 is 9.53 Å². The van der Waals surface area contributed by atoms with E-state index < -0.39 is 0 Å². The van der Waals surface area contributed by atoms with Gasteiger partial charge in [0.15, 0.2) is 0 Å². The molecule has 2 bridgehead atoms. The van der Waals surface area contributed by atoms with Crippen LogP contribution in [0.25, 0.3) is 0 Å². The van der Waals surface area contributed by atoms with E-state index in [1.165, 1.54) is 12.7 Å². The molecular formula is C16H19NO2. The van der Waals surface area contributed by atoms with Crippen LogP contribution in [0, 0.1) is 5.92 Å². The molecule has 2 aliphatic rings. The highest BCUT2D eigenvalue weighted by molar-refractivity contribution is 5.77. The van der Waals surface area contributed by atoms with Crippen molar-refractivity contribution in [1.29, 1.82) is 0 Å². The van der Waals surface area contributed by atoms with E-state index in [-0.39, 0.29) is 18.1 Å². The normalized spacial score (nSPS) is 30.5. The summed E-state index contributed by atoms with van der Waals surface area (Å²) in [4.78, 5) is 14.3. The van der Waals surface area contributed by atoms with Crippen molar-refractivity contribution in [2.75, 3.05) is 7.11 Å². The molecule has 0 saturated carbocycles. The number of nitrogens with zero attached hydrogens (tertiary/aromatic N) is 1. The zero-order valence-corrected chi connectivity index (χ0v) is 11.3. The van der Waals surface area contributed by atoms with Crippen LogP contribution in [0.4, 0.5) is 0 Å². The Hall–Kier alpha value is -1.61. The van der Waals surface area contributed by atoms with Gasteiger partial charge in [-0.05, 0) is 18.9 Å². The van der Waals surface area contributed by atoms with Crippen LogP contribution in [-0.4, -0.2) is 30.1 Å². The van der Waals surface area contributed by atoms with E-state index >= 15 is 0 Å². The van der Waals surface area contributed by atoms with Gasteiger partial charge in [-0.1, -0.05) is 42.5 Å². The topological polar surface area (TPSA) is 29.5 Å². The fourth-order valence-electron chi connectivity index (χ4n) is 3.44. The van der Waals surface area contributed by atoms with Gasteiger partial charge in [0.25, 0.3) is 0 Å². The number of carbonyl (C=O) groups excluding carboxylic acids is 1. The number of ether oxygens (including phenoxy) is 1. The van der Waals surface area contributed by atoms with E-state index in [1.807, 2.05) is 18.2 Å². The molecule has 3 nitrogen and oxygen atoms in total. The lowest BCUT2D eigenvalue weighted by Gasteiger charge is -2.35. The lowest BCUT2D eigenvalue weighted by atomic mass is 9.99. The number of fused-ring (bicyclic) bond motifs is 2. The molecule has 3 heteroatoms. The summed E-state index contributed by atoms with van der Waals surface area (Å²) in [6.07, 6.45) is 5.43. The third-order valence-corrected chi connectivity index (χ3v) is 4.38. The second-order valence-electron chi connectivity index (χ2n) is 5.35. The molecule has 1 aliphatic heterocycles. The van der Waals surface area contributed by atoms with Crippen LogP contribution in [-0.2, 0) is 9.53 Å². The van der Waals surface area contributed by atoms with Gasteiger partial charge in [0.2, 0.25) is 0 Å². The van der Waals surface area contributed by atoms with Crippen LogP contribution in [0.15, 0.2) is 42.5 Å². The number of esters is 1. The number of hydrogen-bond acceptors (Lipinski definition) is 3. The van der Waals surface area contributed by atoms with Crippen LogP contribution in [0.3, 0.4) is 0 Å². The average molecular weight is 257 g/mol. The lowest BCUT2D eigenvalue weighted by molar-refractivity contribution is -0.148. The molecule has 0 N–H and O–H groups in total. The van der Waals surface area contributed by atoms with E-state index in [9.17, 15) is 4.79 Å². The zero-order chi connectivity index (χ0) is 13.4. The fraction of sp³-hybridized carbons (Fsp3) is 0.438. The van der Waals surface area contributed by atoms with Gasteiger partial charge in [-0.15, -0.1) is 0 Å². The Balaban J connectivity index is 1.90. The predicted octanol–water partition coefficient (Wildman–Crippen LogP) is 2.55. The SMILES string of the molecule is COC(=O)[C@H]1[C@H]2C=C[C@@H](C2)N1C(C)c1ccccc1. The van der Waals surface area contributed by atoms with Crippen LogP contribution in [0.2, 0.25) is 0 Å². The van der Waals surface area contributed by atoms with E-state index in [1.54, 1.807) is 0 Å². The molecule has 1 saturated heterocycles. The number of benzene rings is 1. The minimum atomic E-state index is -0.129. The highest BCUT2D eigenvalue weighted by Crippen LogP contribution is 2.42. The Labute approximate surface area is 113 Å². The number of carbonyl (C=O) groups is 1. The van der Waals surface area contributed by atoms with Gasteiger partial charge in [-0.25, -0.2) is 0 Å². The van der Waals surface area contributed by atoms with Gasteiger partial charge in [-0.3, -0.25) is 9.69 Å². The molecule has 4 atom stereocenters. The molecule has 1 aromatic carbocycles. The maximum absolute atomic E-state index is 12.1. The van der Waals surface area contributed by atoms with Crippen LogP contribution in [0.1, 0.15) is 24.9 Å². The van der Waals surface area contributed by atoms with E-state index in [4.69, 9.17) is 4.74 Å². The van der Waals surface area contributed by atoms with Gasteiger partial charge < -0.3 is 4.74 Å². The van der Waals surface area contributed by atoms with Crippen molar-refractivity contribution in [3.05, 3.63) is 48.0 Å². The Morgan fingerprint density at radius 1 is 1.32 bits per heavy atom. The average Bonchev–Trinajstić information content (AvgIpc) is 3.07. The van der Waals surface area contributed by atoms with Gasteiger partial charge >= 0.3 is 5.97 Å². The first kappa shape index (κ1) is 12.4. The second-order valence-corrected chi connectivity index (χ2v) is 5.35. The van der Waals surface area contributed by atoms with Crippen molar-refractivity contribution in [1.82, 2.24) is 4.90 Å². The standard InChI is InChI=1S/C16H19NO2/c1-11(12-6-4-3-5-7-12)17-14-9-8-13(10-14)15(17)16(18)19-2/h3-9,11,13-15H,10H2,1-2H3/t11?,13-,14-,15+/m0/s1. The summed E-state index contributed by atoms with van der Waals surface area (Å²) in [7, 11) is 1.48. The molecule has 0 amide bonds. The van der Waals surface area contributed by atoms with Gasteiger partial charge in [0.1, 0.15) is 6.04 Å². The summed E-state index contributed by atoms with van der Waals surface area (Å²) in [5, 5.41) is 0. The summed E-state index contributed by atoms with van der Waals surface area (Å²) in [5.41, 5.74) is 1.25. The van der Waals surface area contributed by atoms with E-state index in [0.29, 0.717) is 12.0 Å². The molecule has 3 rings (SSSR count). The lowest BCUT2D eigenvalue weighted by Crippen LogP contribution is -2.45. The largest absolute Gasteiger partial charge is 0.468 e. The molecule has 19 heavy (non-hydrogen) atoms. The fourth-order valence-corrected chi connectivity index (χ4v) is 3.44. The first-order chi connectivity index (χ1) is 9.22. The third kappa shape index (κ3) is 1.98. The summed E-state index contributed by atoms with van der Waals surface area (Å²) in [6.45, 7) is 2.17. The van der Waals surface area contributed by atoms with Crippen LogP contribution < -0.4 is 0 Å². The summed E-state index contributed by atoms with van der Waals surface area (Å²) >= 11 is 0. The highest BCUT2D eigenvalue weighted by Gasteiger charge is 2.48. The van der Waals surface area contributed by atoms with Gasteiger partial charge in [0.05, 0.1) is 7.11 Å². The van der Waals surface area contributed by atoms with Crippen molar-refractivity contribution in [2.24, 2.45) is 5.92 Å². The molecule has 1 aromatic rings. The quantitative estimate of drug-likeness (QED) is 0.615. The maximum Gasteiger partial charge on any atom is 0.323 e. The molecule has 100 valence electrons. The molecule has 1 fully saturated rings. The number of rotatable bonds is 3. The third-order valence-electron chi connectivity index (χ3n) is 4.38. The molecule has 1 heterocycles. The Kier molecular flexibility index (Phi) is 3.15. The van der Waals surface area contributed by atoms with Gasteiger partial charge in [-0.2, -0.15) is 0 Å². The summed E-state index contributed by atoms with van der Waals surface area (Å²) < 4.78 is 4.99. The smallest absolute Gasteiger partial charge is 0.323 e. The molecule has 0 aromatic heterocycles. The van der Waals surface area contributed by atoms with Crippen LogP contribution >= 0.6 is 0 Å². The zero-order valence-electron chi connectivity index (χ0n) is 11.3. The van der Waals surface area contributed by atoms with Crippen molar-refractivity contribution in [3.63, 3.8) is 0 Å². The van der Waals surface area contributed by atoms with Crippen molar-refractivity contribution in [2.45, 2.75) is 31.5 Å². The Morgan fingerprint density at radius 2 is 2.05 bits per heavy atom. The monoisotopic (exact) mass is 257 g/mol. The van der Waals surface area contributed by atoms with Crippen molar-refractivity contribution in [3.8, 4) is 0 Å².